The molecule has 0 atom stereocenters. The number of carbonyl (C=O) groups excluding carboxylic acids is 1. The van der Waals surface area contributed by atoms with Crippen LogP contribution in [0.25, 0.3) is 0 Å². The summed E-state index contributed by atoms with van der Waals surface area (Å²) in [6.07, 6.45) is 1.88. The van der Waals surface area contributed by atoms with Crippen molar-refractivity contribution in [2.75, 3.05) is 33.3 Å². The normalized spacial score (nSPS) is 16.0. The van der Waals surface area contributed by atoms with Gasteiger partial charge in [0, 0.05) is 25.2 Å². The highest BCUT2D eigenvalue weighted by Crippen LogP contribution is 2.21. The summed E-state index contributed by atoms with van der Waals surface area (Å²) in [5, 5.41) is 3.31. The van der Waals surface area contributed by atoms with Crippen molar-refractivity contribution in [3.05, 3.63) is 29.3 Å². The fraction of sp³-hybridized carbons (Fsp3) is 0.533. The van der Waals surface area contributed by atoms with Crippen molar-refractivity contribution in [2.24, 2.45) is 0 Å². The van der Waals surface area contributed by atoms with Crippen LogP contribution in [0.4, 0.5) is 0 Å². The van der Waals surface area contributed by atoms with E-state index in [9.17, 15) is 4.79 Å². The first-order chi connectivity index (χ1) is 9.26. The van der Waals surface area contributed by atoms with Crippen LogP contribution in [0, 0.1) is 0 Å². The van der Waals surface area contributed by atoms with E-state index in [1.54, 1.807) is 7.11 Å². The van der Waals surface area contributed by atoms with Gasteiger partial charge in [0.25, 0.3) is 5.91 Å². The Labute approximate surface area is 114 Å². The van der Waals surface area contributed by atoms with Gasteiger partial charge in [-0.3, -0.25) is 4.79 Å². The van der Waals surface area contributed by atoms with Gasteiger partial charge in [-0.15, -0.1) is 0 Å². The van der Waals surface area contributed by atoms with Crippen LogP contribution in [-0.4, -0.2) is 44.1 Å². The quantitative estimate of drug-likeness (QED) is 0.901. The lowest BCUT2D eigenvalue weighted by Gasteiger charge is -2.20. The number of aryl methyl sites for hydroxylation is 1. The Morgan fingerprint density at radius 1 is 1.37 bits per heavy atom. The first-order valence-electron chi connectivity index (χ1n) is 6.93. The van der Waals surface area contributed by atoms with Gasteiger partial charge < -0.3 is 15.0 Å². The van der Waals surface area contributed by atoms with Gasteiger partial charge in [0.1, 0.15) is 5.75 Å². The molecule has 1 aliphatic rings. The average molecular weight is 262 g/mol. The molecule has 19 heavy (non-hydrogen) atoms. The predicted molar refractivity (Wildman–Crippen MR) is 75.8 cm³/mol. The van der Waals surface area contributed by atoms with Crippen LogP contribution in [0.1, 0.15) is 29.3 Å². The molecule has 1 amide bonds. The molecule has 4 nitrogen and oxygen atoms in total. The van der Waals surface area contributed by atoms with Gasteiger partial charge in [0.15, 0.2) is 0 Å². The Balaban J connectivity index is 2.18. The minimum atomic E-state index is 0.126. The SMILES string of the molecule is CCc1cc(C(=O)N2CCCNCC2)ccc1OC. The maximum absolute atomic E-state index is 12.5. The zero-order chi connectivity index (χ0) is 13.7. The molecular formula is C15H22N2O2. The standard InChI is InChI=1S/C15H22N2O2/c1-3-12-11-13(5-6-14(12)19-2)15(18)17-9-4-7-16-8-10-17/h5-6,11,16H,3-4,7-10H2,1-2H3. The maximum atomic E-state index is 12.5. The monoisotopic (exact) mass is 262 g/mol. The van der Waals surface area contributed by atoms with E-state index in [2.05, 4.69) is 12.2 Å². The molecule has 1 fully saturated rings. The van der Waals surface area contributed by atoms with E-state index in [0.717, 1.165) is 55.9 Å². The highest BCUT2D eigenvalue weighted by molar-refractivity contribution is 5.94. The average Bonchev–Trinajstić information content (AvgIpc) is 2.74. The number of nitrogens with zero attached hydrogens (tertiary/aromatic N) is 1. The molecule has 0 aliphatic carbocycles. The number of ether oxygens (including phenoxy) is 1. The lowest BCUT2D eigenvalue weighted by molar-refractivity contribution is 0.0766. The lowest BCUT2D eigenvalue weighted by atomic mass is 10.1. The summed E-state index contributed by atoms with van der Waals surface area (Å²) in [6, 6.07) is 5.71. The largest absolute Gasteiger partial charge is 0.496 e. The van der Waals surface area contributed by atoms with Crippen LogP contribution in [0.15, 0.2) is 18.2 Å². The molecule has 0 saturated carbocycles. The van der Waals surface area contributed by atoms with Crippen molar-refractivity contribution in [2.45, 2.75) is 19.8 Å². The Bertz CT molecular complexity index is 438. The fourth-order valence-corrected chi connectivity index (χ4v) is 2.42. The molecule has 104 valence electrons. The Morgan fingerprint density at radius 3 is 2.95 bits per heavy atom. The molecule has 2 rings (SSSR count). The maximum Gasteiger partial charge on any atom is 0.253 e. The molecule has 0 unspecified atom stereocenters. The van der Waals surface area contributed by atoms with Gasteiger partial charge in [-0.1, -0.05) is 6.92 Å². The second-order valence-corrected chi connectivity index (χ2v) is 4.78. The van der Waals surface area contributed by atoms with E-state index in [-0.39, 0.29) is 5.91 Å². The van der Waals surface area contributed by atoms with Gasteiger partial charge in [0.05, 0.1) is 7.11 Å². The summed E-state index contributed by atoms with van der Waals surface area (Å²) in [6.45, 7) is 5.56. The van der Waals surface area contributed by atoms with E-state index < -0.39 is 0 Å². The van der Waals surface area contributed by atoms with Crippen LogP contribution in [0.3, 0.4) is 0 Å². The van der Waals surface area contributed by atoms with E-state index >= 15 is 0 Å². The second kappa shape index (κ2) is 6.57. The molecule has 0 spiro atoms. The zero-order valence-electron chi connectivity index (χ0n) is 11.7. The predicted octanol–water partition coefficient (Wildman–Crippen LogP) is 1.69. The summed E-state index contributed by atoms with van der Waals surface area (Å²) in [5.41, 5.74) is 1.85. The van der Waals surface area contributed by atoms with Crippen LogP contribution in [0.2, 0.25) is 0 Å². The van der Waals surface area contributed by atoms with Crippen molar-refractivity contribution in [3.63, 3.8) is 0 Å². The van der Waals surface area contributed by atoms with Gasteiger partial charge in [0.2, 0.25) is 0 Å². The highest BCUT2D eigenvalue weighted by Gasteiger charge is 2.18. The first kappa shape index (κ1) is 13.9. The molecule has 0 bridgehead atoms. The molecule has 4 heteroatoms. The third-order valence-electron chi connectivity index (χ3n) is 3.54. The fourth-order valence-electron chi connectivity index (χ4n) is 2.42. The topological polar surface area (TPSA) is 41.6 Å². The number of nitrogens with one attached hydrogen (secondary N) is 1. The number of hydrogen-bond donors (Lipinski definition) is 1. The van der Waals surface area contributed by atoms with E-state index in [1.165, 1.54) is 0 Å². The molecule has 0 radical (unpaired) electrons. The molecule has 1 aromatic rings. The number of rotatable bonds is 3. The number of amides is 1. The van der Waals surface area contributed by atoms with Gasteiger partial charge >= 0.3 is 0 Å². The summed E-state index contributed by atoms with van der Waals surface area (Å²) in [5.74, 6) is 0.984. The molecule has 1 aromatic carbocycles. The summed E-state index contributed by atoms with van der Waals surface area (Å²) in [4.78, 5) is 14.4. The lowest BCUT2D eigenvalue weighted by Crippen LogP contribution is -2.34. The Hall–Kier alpha value is -1.55. The van der Waals surface area contributed by atoms with Crippen molar-refractivity contribution in [1.82, 2.24) is 10.2 Å². The molecule has 1 heterocycles. The van der Waals surface area contributed by atoms with Crippen molar-refractivity contribution < 1.29 is 9.53 Å². The number of carbonyl (C=O) groups is 1. The molecule has 1 aliphatic heterocycles. The van der Waals surface area contributed by atoms with Crippen molar-refractivity contribution in [1.29, 1.82) is 0 Å². The van der Waals surface area contributed by atoms with Gasteiger partial charge in [-0.2, -0.15) is 0 Å². The number of methoxy groups -OCH3 is 1. The van der Waals surface area contributed by atoms with Crippen LogP contribution < -0.4 is 10.1 Å². The zero-order valence-corrected chi connectivity index (χ0v) is 11.7. The highest BCUT2D eigenvalue weighted by atomic mass is 16.5. The molecule has 1 saturated heterocycles. The smallest absolute Gasteiger partial charge is 0.253 e. The van der Waals surface area contributed by atoms with Crippen LogP contribution >= 0.6 is 0 Å². The minimum Gasteiger partial charge on any atom is -0.496 e. The van der Waals surface area contributed by atoms with Gasteiger partial charge in [-0.25, -0.2) is 0 Å². The molecule has 1 N–H and O–H groups in total. The third-order valence-corrected chi connectivity index (χ3v) is 3.54. The Morgan fingerprint density at radius 2 is 2.21 bits per heavy atom. The van der Waals surface area contributed by atoms with E-state index in [4.69, 9.17) is 4.74 Å². The minimum absolute atomic E-state index is 0.126. The van der Waals surface area contributed by atoms with E-state index in [0.29, 0.717) is 0 Å². The summed E-state index contributed by atoms with van der Waals surface area (Å²) >= 11 is 0. The van der Waals surface area contributed by atoms with Crippen molar-refractivity contribution in [3.8, 4) is 5.75 Å². The summed E-state index contributed by atoms with van der Waals surface area (Å²) < 4.78 is 5.30. The van der Waals surface area contributed by atoms with Crippen molar-refractivity contribution >= 4 is 5.91 Å². The van der Waals surface area contributed by atoms with E-state index in [1.807, 2.05) is 23.1 Å². The van der Waals surface area contributed by atoms with Crippen LogP contribution in [0.5, 0.6) is 5.75 Å². The summed E-state index contributed by atoms with van der Waals surface area (Å²) in [7, 11) is 1.66. The molecule has 0 aromatic heterocycles. The second-order valence-electron chi connectivity index (χ2n) is 4.78. The van der Waals surface area contributed by atoms with Gasteiger partial charge in [-0.05, 0) is 43.1 Å². The molecular weight excluding hydrogens is 240 g/mol. The first-order valence-corrected chi connectivity index (χ1v) is 6.93. The Kier molecular flexibility index (Phi) is 4.80. The number of benzene rings is 1. The third kappa shape index (κ3) is 3.26. The number of hydrogen-bond acceptors (Lipinski definition) is 3. The van der Waals surface area contributed by atoms with Crippen LogP contribution in [-0.2, 0) is 6.42 Å².